The third-order valence-electron chi connectivity index (χ3n) is 2.41. The molecule has 1 aromatic carbocycles. The number of benzene rings is 1. The summed E-state index contributed by atoms with van der Waals surface area (Å²) >= 11 is 7.33. The highest BCUT2D eigenvalue weighted by Gasteiger charge is 2.14. The summed E-state index contributed by atoms with van der Waals surface area (Å²) in [4.78, 5) is 22.9. The van der Waals surface area contributed by atoms with E-state index in [1.54, 1.807) is 24.3 Å². The first kappa shape index (κ1) is 12.8. The molecule has 1 amide bonds. The maximum Gasteiger partial charge on any atom is 0.267 e. The van der Waals surface area contributed by atoms with Gasteiger partial charge in [0.05, 0.1) is 5.02 Å². The van der Waals surface area contributed by atoms with Gasteiger partial charge in [-0.05, 0) is 42.1 Å². The Bertz CT molecular complexity index is 590. The predicted molar refractivity (Wildman–Crippen MR) is 73.8 cm³/mol. The van der Waals surface area contributed by atoms with Crippen LogP contribution >= 0.6 is 22.9 Å². The molecule has 0 radical (unpaired) electrons. The van der Waals surface area contributed by atoms with Crippen molar-refractivity contribution in [2.45, 2.75) is 6.92 Å². The maximum atomic E-state index is 11.9. The molecule has 0 atom stereocenters. The first-order valence-corrected chi connectivity index (χ1v) is 6.47. The average molecular weight is 280 g/mol. The minimum atomic E-state index is -0.239. The minimum Gasteiger partial charge on any atom is -0.321 e. The molecule has 1 heterocycles. The summed E-state index contributed by atoms with van der Waals surface area (Å²) in [5.41, 5.74) is 2.09. The van der Waals surface area contributed by atoms with E-state index in [1.807, 2.05) is 12.3 Å². The summed E-state index contributed by atoms with van der Waals surface area (Å²) in [6.45, 7) is 1.86. The summed E-state index contributed by atoms with van der Waals surface area (Å²) in [6.07, 6.45) is 0.755. The molecule has 0 bridgehead atoms. The van der Waals surface area contributed by atoms with Gasteiger partial charge in [-0.3, -0.25) is 9.59 Å². The van der Waals surface area contributed by atoms with Crippen LogP contribution in [-0.2, 0) is 0 Å². The first-order valence-electron chi connectivity index (χ1n) is 5.22. The van der Waals surface area contributed by atoms with Gasteiger partial charge in [0.15, 0.2) is 0 Å². The molecule has 5 heteroatoms. The minimum absolute atomic E-state index is 0.239. The average Bonchev–Trinajstić information content (AvgIpc) is 2.71. The van der Waals surface area contributed by atoms with Crippen LogP contribution in [0.1, 0.15) is 25.6 Å². The van der Waals surface area contributed by atoms with Gasteiger partial charge in [0.2, 0.25) is 0 Å². The molecule has 18 heavy (non-hydrogen) atoms. The molecule has 2 rings (SSSR count). The van der Waals surface area contributed by atoms with Crippen LogP contribution in [0, 0.1) is 6.92 Å². The van der Waals surface area contributed by atoms with Crippen molar-refractivity contribution in [3.8, 4) is 0 Å². The number of hydrogen-bond acceptors (Lipinski definition) is 3. The van der Waals surface area contributed by atoms with E-state index in [4.69, 9.17) is 11.6 Å². The zero-order chi connectivity index (χ0) is 13.1. The third kappa shape index (κ3) is 2.60. The quantitative estimate of drug-likeness (QED) is 0.869. The van der Waals surface area contributed by atoms with Gasteiger partial charge in [-0.25, -0.2) is 0 Å². The van der Waals surface area contributed by atoms with Crippen molar-refractivity contribution in [1.29, 1.82) is 0 Å². The van der Waals surface area contributed by atoms with Crippen molar-refractivity contribution in [3.63, 3.8) is 0 Å². The Morgan fingerprint density at radius 2 is 2.00 bits per heavy atom. The molecule has 0 spiro atoms. The summed E-state index contributed by atoms with van der Waals surface area (Å²) in [7, 11) is 0. The van der Waals surface area contributed by atoms with E-state index in [0.717, 1.165) is 11.8 Å². The fourth-order valence-corrected chi connectivity index (χ4v) is 2.59. The molecule has 3 nitrogen and oxygen atoms in total. The van der Waals surface area contributed by atoms with E-state index in [1.165, 1.54) is 11.3 Å². The second-order valence-electron chi connectivity index (χ2n) is 3.76. The summed E-state index contributed by atoms with van der Waals surface area (Å²) in [5.74, 6) is -0.239. The standard InChI is InChI=1S/C13H10ClNO2S/c1-8-7-18-12(11(8)14)13(17)15-10-4-2-9(6-16)3-5-10/h2-7H,1H3,(H,15,17). The smallest absolute Gasteiger partial charge is 0.267 e. The molecule has 0 aliphatic heterocycles. The Kier molecular flexibility index (Phi) is 3.79. The lowest BCUT2D eigenvalue weighted by Gasteiger charge is -2.04. The second-order valence-corrected chi connectivity index (χ2v) is 5.01. The van der Waals surface area contributed by atoms with Crippen LogP contribution in [0.5, 0.6) is 0 Å². The van der Waals surface area contributed by atoms with Crippen LogP contribution in [0.3, 0.4) is 0 Å². The van der Waals surface area contributed by atoms with E-state index >= 15 is 0 Å². The Hall–Kier alpha value is -1.65. The first-order chi connectivity index (χ1) is 8.61. The van der Waals surface area contributed by atoms with Crippen molar-refractivity contribution in [2.24, 2.45) is 0 Å². The van der Waals surface area contributed by atoms with Crippen LogP contribution in [0.15, 0.2) is 29.6 Å². The fourth-order valence-electron chi connectivity index (χ4n) is 1.42. The largest absolute Gasteiger partial charge is 0.321 e. The molecule has 0 aliphatic carbocycles. The van der Waals surface area contributed by atoms with E-state index in [0.29, 0.717) is 21.2 Å². The van der Waals surface area contributed by atoms with Crippen LogP contribution < -0.4 is 5.32 Å². The Morgan fingerprint density at radius 3 is 2.50 bits per heavy atom. The maximum absolute atomic E-state index is 11.9. The van der Waals surface area contributed by atoms with Crippen molar-refractivity contribution in [3.05, 3.63) is 50.7 Å². The predicted octanol–water partition coefficient (Wildman–Crippen LogP) is 3.77. The number of halogens is 1. The third-order valence-corrected chi connectivity index (χ3v) is 4.11. The van der Waals surface area contributed by atoms with Crippen molar-refractivity contribution in [1.82, 2.24) is 0 Å². The van der Waals surface area contributed by atoms with E-state index in [9.17, 15) is 9.59 Å². The second kappa shape index (κ2) is 5.33. The SMILES string of the molecule is Cc1csc(C(=O)Nc2ccc(C=O)cc2)c1Cl. The van der Waals surface area contributed by atoms with Crippen LogP contribution in [0.4, 0.5) is 5.69 Å². The van der Waals surface area contributed by atoms with Crippen LogP contribution in [0.25, 0.3) is 0 Å². The van der Waals surface area contributed by atoms with Gasteiger partial charge >= 0.3 is 0 Å². The number of thiophene rings is 1. The Morgan fingerprint density at radius 1 is 1.33 bits per heavy atom. The lowest BCUT2D eigenvalue weighted by Crippen LogP contribution is -2.10. The normalized spacial score (nSPS) is 10.1. The number of carbonyl (C=O) groups excluding carboxylic acids is 2. The number of hydrogen-bond donors (Lipinski definition) is 1. The molecule has 92 valence electrons. The number of anilines is 1. The summed E-state index contributed by atoms with van der Waals surface area (Å²) in [6, 6.07) is 6.64. The lowest BCUT2D eigenvalue weighted by molar-refractivity contribution is 0.103. The highest BCUT2D eigenvalue weighted by molar-refractivity contribution is 7.13. The molecule has 1 N–H and O–H groups in total. The van der Waals surface area contributed by atoms with Crippen molar-refractivity contribution >= 4 is 40.8 Å². The number of amides is 1. The number of aldehydes is 1. The van der Waals surface area contributed by atoms with Crippen molar-refractivity contribution in [2.75, 3.05) is 5.32 Å². The van der Waals surface area contributed by atoms with Gasteiger partial charge in [0.25, 0.3) is 5.91 Å². The molecular weight excluding hydrogens is 270 g/mol. The lowest BCUT2D eigenvalue weighted by atomic mass is 10.2. The molecular formula is C13H10ClNO2S. The topological polar surface area (TPSA) is 46.2 Å². The zero-order valence-corrected chi connectivity index (χ0v) is 11.1. The molecule has 2 aromatic rings. The van der Waals surface area contributed by atoms with Crippen molar-refractivity contribution < 1.29 is 9.59 Å². The van der Waals surface area contributed by atoms with Crippen LogP contribution in [0.2, 0.25) is 5.02 Å². The molecule has 1 aromatic heterocycles. The Balaban J connectivity index is 2.16. The van der Waals surface area contributed by atoms with Crippen LogP contribution in [-0.4, -0.2) is 12.2 Å². The van der Waals surface area contributed by atoms with Gasteiger partial charge in [0, 0.05) is 11.3 Å². The number of nitrogens with one attached hydrogen (secondary N) is 1. The summed E-state index contributed by atoms with van der Waals surface area (Å²) < 4.78 is 0. The molecule has 0 saturated heterocycles. The number of carbonyl (C=O) groups is 2. The van der Waals surface area contributed by atoms with Gasteiger partial charge in [0.1, 0.15) is 11.2 Å². The van der Waals surface area contributed by atoms with Gasteiger partial charge in [-0.15, -0.1) is 11.3 Å². The number of rotatable bonds is 3. The fraction of sp³-hybridized carbons (Fsp3) is 0.0769. The monoisotopic (exact) mass is 279 g/mol. The highest BCUT2D eigenvalue weighted by Crippen LogP contribution is 2.27. The molecule has 0 unspecified atom stereocenters. The molecule has 0 fully saturated rings. The number of aryl methyl sites for hydroxylation is 1. The van der Waals surface area contributed by atoms with E-state index in [-0.39, 0.29) is 5.91 Å². The highest BCUT2D eigenvalue weighted by atomic mass is 35.5. The van der Waals surface area contributed by atoms with Gasteiger partial charge in [-0.1, -0.05) is 11.6 Å². The van der Waals surface area contributed by atoms with E-state index in [2.05, 4.69) is 5.32 Å². The molecule has 0 aliphatic rings. The van der Waals surface area contributed by atoms with E-state index < -0.39 is 0 Å². The molecule has 0 saturated carbocycles. The van der Waals surface area contributed by atoms with Gasteiger partial charge in [-0.2, -0.15) is 0 Å². The van der Waals surface area contributed by atoms with Gasteiger partial charge < -0.3 is 5.32 Å². The Labute approximate surface area is 113 Å². The zero-order valence-electron chi connectivity index (χ0n) is 9.57. The summed E-state index contributed by atoms with van der Waals surface area (Å²) in [5, 5.41) is 5.06.